The van der Waals surface area contributed by atoms with Crippen molar-refractivity contribution in [1.29, 1.82) is 0 Å². The Kier molecular flexibility index (Phi) is 5.47. The maximum absolute atomic E-state index is 13.6. The number of benzene rings is 2. The molecule has 33 heavy (non-hydrogen) atoms. The maximum Gasteiger partial charge on any atom is 0.123 e. The highest BCUT2D eigenvalue weighted by Crippen LogP contribution is 2.39. The van der Waals surface area contributed by atoms with Crippen molar-refractivity contribution in [3.63, 3.8) is 0 Å². The highest BCUT2D eigenvalue weighted by Gasteiger charge is 2.23. The first kappa shape index (κ1) is 21.4. The molecule has 0 unspecified atom stereocenters. The normalized spacial score (nSPS) is 14.4. The Hall–Kier alpha value is -3.49. The fraction of sp³-hybridized carbons (Fsp3) is 0.286. The molecule has 0 radical (unpaired) electrons. The molecule has 5 heteroatoms. The first-order valence-corrected chi connectivity index (χ1v) is 11.4. The van der Waals surface area contributed by atoms with Gasteiger partial charge in [0.25, 0.3) is 0 Å². The zero-order valence-corrected chi connectivity index (χ0v) is 18.8. The van der Waals surface area contributed by atoms with Crippen LogP contribution in [-0.2, 0) is 0 Å². The third kappa shape index (κ3) is 4.53. The summed E-state index contributed by atoms with van der Waals surface area (Å²) >= 11 is 0. The summed E-state index contributed by atoms with van der Waals surface area (Å²) in [6.07, 6.45) is 8.37. The molecule has 2 aromatic heterocycles. The fourth-order valence-electron chi connectivity index (χ4n) is 4.50. The summed E-state index contributed by atoms with van der Waals surface area (Å²) in [7, 11) is 0. The number of pyridine rings is 1. The Morgan fingerprint density at radius 1 is 1.00 bits per heavy atom. The van der Waals surface area contributed by atoms with Crippen LogP contribution >= 0.6 is 0 Å². The van der Waals surface area contributed by atoms with Crippen molar-refractivity contribution < 1.29 is 9.50 Å². The van der Waals surface area contributed by atoms with E-state index >= 15 is 0 Å². The lowest BCUT2D eigenvalue weighted by Crippen LogP contribution is -2.14. The van der Waals surface area contributed by atoms with Crippen LogP contribution in [0.5, 0.6) is 0 Å². The first-order chi connectivity index (χ1) is 15.9. The van der Waals surface area contributed by atoms with Gasteiger partial charge in [-0.1, -0.05) is 30.7 Å². The number of aromatic nitrogens is 3. The van der Waals surface area contributed by atoms with E-state index in [4.69, 9.17) is 4.98 Å². The standard InChI is InChI=1S/C28H26FN3O/c1-28(2,33)14-13-19-15-22-16-21(9-12-25(22)30-17-19)27-26(20-7-10-23(29)11-8-20)31-18-32(27)24-5-3-4-6-24/h7-12,15-18,24,33H,3-6H2,1-2H3. The van der Waals surface area contributed by atoms with Crippen LogP contribution in [0.2, 0.25) is 0 Å². The van der Waals surface area contributed by atoms with E-state index in [1.165, 1.54) is 25.0 Å². The number of rotatable bonds is 3. The Morgan fingerprint density at radius 2 is 1.73 bits per heavy atom. The third-order valence-electron chi connectivity index (χ3n) is 6.10. The zero-order valence-electron chi connectivity index (χ0n) is 18.8. The van der Waals surface area contributed by atoms with Crippen molar-refractivity contribution in [2.24, 2.45) is 0 Å². The quantitative estimate of drug-likeness (QED) is 0.390. The Bertz CT molecular complexity index is 1360. The summed E-state index contributed by atoms with van der Waals surface area (Å²) in [4.78, 5) is 9.31. The molecule has 0 bridgehead atoms. The van der Waals surface area contributed by atoms with Crippen LogP contribution < -0.4 is 0 Å². The molecule has 1 saturated carbocycles. The predicted molar refractivity (Wildman–Crippen MR) is 129 cm³/mol. The number of nitrogens with zero attached hydrogens (tertiary/aromatic N) is 3. The van der Waals surface area contributed by atoms with Crippen LogP contribution in [0.4, 0.5) is 4.39 Å². The molecule has 0 aliphatic heterocycles. The Balaban J connectivity index is 1.65. The number of aliphatic hydroxyl groups is 1. The lowest BCUT2D eigenvalue weighted by atomic mass is 10.0. The summed E-state index contributed by atoms with van der Waals surface area (Å²) in [6, 6.07) is 15.1. The van der Waals surface area contributed by atoms with Crippen LogP contribution in [-0.4, -0.2) is 25.2 Å². The van der Waals surface area contributed by atoms with Crippen molar-refractivity contribution in [1.82, 2.24) is 14.5 Å². The van der Waals surface area contributed by atoms with Gasteiger partial charge in [-0.15, -0.1) is 0 Å². The molecule has 1 fully saturated rings. The van der Waals surface area contributed by atoms with E-state index in [1.807, 2.05) is 18.5 Å². The molecule has 4 aromatic rings. The van der Waals surface area contributed by atoms with E-state index in [0.717, 1.165) is 51.8 Å². The summed E-state index contributed by atoms with van der Waals surface area (Å²) in [5.41, 5.74) is 4.41. The van der Waals surface area contributed by atoms with Gasteiger partial charge in [0.1, 0.15) is 11.4 Å². The molecule has 0 spiro atoms. The van der Waals surface area contributed by atoms with Crippen LogP contribution in [0.15, 0.2) is 61.1 Å². The molecule has 0 atom stereocenters. The topological polar surface area (TPSA) is 50.9 Å². The van der Waals surface area contributed by atoms with E-state index in [-0.39, 0.29) is 5.82 Å². The van der Waals surface area contributed by atoms with E-state index in [1.54, 1.807) is 32.2 Å². The Morgan fingerprint density at radius 3 is 2.45 bits per heavy atom. The maximum atomic E-state index is 13.6. The fourth-order valence-corrected chi connectivity index (χ4v) is 4.50. The van der Waals surface area contributed by atoms with Crippen LogP contribution in [0, 0.1) is 17.7 Å². The van der Waals surface area contributed by atoms with E-state index in [2.05, 4.69) is 33.5 Å². The molecule has 0 amide bonds. The number of halogens is 1. The SMILES string of the molecule is CC(C)(O)C#Cc1cnc2ccc(-c3c(-c4ccc(F)cc4)ncn3C3CCCC3)cc2c1. The molecule has 1 N–H and O–H groups in total. The minimum Gasteiger partial charge on any atom is -0.378 e. The van der Waals surface area contributed by atoms with Gasteiger partial charge in [0.15, 0.2) is 0 Å². The third-order valence-corrected chi connectivity index (χ3v) is 6.10. The van der Waals surface area contributed by atoms with Crippen molar-refractivity contribution >= 4 is 10.9 Å². The highest BCUT2D eigenvalue weighted by molar-refractivity contribution is 5.88. The number of hydrogen-bond acceptors (Lipinski definition) is 3. The molecule has 0 saturated heterocycles. The van der Waals surface area contributed by atoms with E-state index < -0.39 is 5.60 Å². The van der Waals surface area contributed by atoms with Crippen molar-refractivity contribution in [2.45, 2.75) is 51.2 Å². The van der Waals surface area contributed by atoms with Gasteiger partial charge < -0.3 is 9.67 Å². The van der Waals surface area contributed by atoms with E-state index in [0.29, 0.717) is 6.04 Å². The smallest absolute Gasteiger partial charge is 0.123 e. The molecule has 4 nitrogen and oxygen atoms in total. The second kappa shape index (κ2) is 8.46. The molecule has 2 aromatic carbocycles. The van der Waals surface area contributed by atoms with Gasteiger partial charge in [0.05, 0.1) is 23.2 Å². The molecular weight excluding hydrogens is 413 g/mol. The molecule has 166 valence electrons. The lowest BCUT2D eigenvalue weighted by molar-refractivity contribution is 0.143. The van der Waals surface area contributed by atoms with Gasteiger partial charge in [-0.3, -0.25) is 4.98 Å². The monoisotopic (exact) mass is 439 g/mol. The van der Waals surface area contributed by atoms with Gasteiger partial charge in [0.2, 0.25) is 0 Å². The average molecular weight is 440 g/mol. The number of fused-ring (bicyclic) bond motifs is 1. The summed E-state index contributed by atoms with van der Waals surface area (Å²) in [6.45, 7) is 3.32. The van der Waals surface area contributed by atoms with Crippen LogP contribution in [0.1, 0.15) is 51.1 Å². The van der Waals surface area contributed by atoms with Crippen molar-refractivity contribution in [3.05, 3.63) is 72.4 Å². The van der Waals surface area contributed by atoms with E-state index in [9.17, 15) is 9.50 Å². The van der Waals surface area contributed by atoms with Gasteiger partial charge in [-0.25, -0.2) is 9.37 Å². The van der Waals surface area contributed by atoms with Gasteiger partial charge in [-0.05, 0) is 69.2 Å². The van der Waals surface area contributed by atoms with Crippen LogP contribution in [0.25, 0.3) is 33.4 Å². The van der Waals surface area contributed by atoms with Crippen molar-refractivity contribution in [2.75, 3.05) is 0 Å². The van der Waals surface area contributed by atoms with Crippen molar-refractivity contribution in [3.8, 4) is 34.4 Å². The first-order valence-electron chi connectivity index (χ1n) is 11.4. The zero-order chi connectivity index (χ0) is 23.0. The molecular formula is C28H26FN3O. The largest absolute Gasteiger partial charge is 0.378 e. The number of imidazole rings is 1. The second-order valence-electron chi connectivity index (χ2n) is 9.23. The second-order valence-corrected chi connectivity index (χ2v) is 9.23. The average Bonchev–Trinajstić information content (AvgIpc) is 3.47. The van der Waals surface area contributed by atoms with Gasteiger partial charge in [0, 0.05) is 34.3 Å². The highest BCUT2D eigenvalue weighted by atomic mass is 19.1. The molecule has 1 aliphatic carbocycles. The minimum atomic E-state index is -1.06. The summed E-state index contributed by atoms with van der Waals surface area (Å²) < 4.78 is 15.9. The molecule has 1 aliphatic rings. The molecule has 5 rings (SSSR count). The van der Waals surface area contributed by atoms with Crippen LogP contribution in [0.3, 0.4) is 0 Å². The molecule has 2 heterocycles. The van der Waals surface area contributed by atoms with Gasteiger partial charge >= 0.3 is 0 Å². The summed E-state index contributed by atoms with van der Waals surface area (Å²) in [5.74, 6) is 5.60. The Labute approximate surface area is 193 Å². The predicted octanol–water partition coefficient (Wildman–Crippen LogP) is 6.14. The minimum absolute atomic E-state index is 0.257. The number of hydrogen-bond donors (Lipinski definition) is 1. The lowest BCUT2D eigenvalue weighted by Gasteiger charge is -2.17. The summed E-state index contributed by atoms with van der Waals surface area (Å²) in [5, 5.41) is 10.9. The van der Waals surface area contributed by atoms with Gasteiger partial charge in [-0.2, -0.15) is 0 Å².